The average molecular weight is 852 g/mol. The monoisotopic (exact) mass is 851 g/mol. The van der Waals surface area contributed by atoms with Gasteiger partial charge in [0.2, 0.25) is 11.8 Å². The number of amides is 4. The Morgan fingerprint density at radius 3 is 2.48 bits per heavy atom. The number of phenolic OH excluding ortho intramolecular Hbond substituents is 1. The number of hydrogen-bond donors (Lipinski definition) is 6. The Hall–Kier alpha value is -4.77. The van der Waals surface area contributed by atoms with Gasteiger partial charge in [0.15, 0.2) is 0 Å². The van der Waals surface area contributed by atoms with Gasteiger partial charge in [-0.2, -0.15) is 0 Å². The lowest BCUT2D eigenvalue weighted by molar-refractivity contribution is -0.156. The molecule has 2 saturated heterocycles. The number of hydrazine groups is 1. The van der Waals surface area contributed by atoms with Crippen LogP contribution in [-0.2, 0) is 39.9 Å². The first-order valence-corrected chi connectivity index (χ1v) is 21.6. The van der Waals surface area contributed by atoms with Crippen molar-refractivity contribution in [2.75, 3.05) is 18.8 Å². The van der Waals surface area contributed by atoms with E-state index >= 15 is 0 Å². The summed E-state index contributed by atoms with van der Waals surface area (Å²) in [6.07, 6.45) is 9.65. The lowest BCUT2D eigenvalue weighted by Crippen LogP contribution is -2.62. The van der Waals surface area contributed by atoms with Gasteiger partial charge in [-0.3, -0.25) is 33.3 Å². The molecule has 6 N–H and O–H groups in total. The molecule has 4 rings (SSSR count). The number of carbonyl (C=O) groups is 6. The van der Waals surface area contributed by atoms with Gasteiger partial charge in [0.25, 0.3) is 11.8 Å². The standard InChI is InChI=1S/C44H61N5O10S/c1-27(2)39-42(56)45-35(26-31-14-10-15-32(51)25-31)43(57)48-22-11-16-34(47-48)44(58)59-37(28(3)13-9-19-38(53)49-23-12-24-60-49)18-8-6-7-17-36(52)30(5)40(54)33(41(55)46-39)21-20-29(4)50/h6-10,13-15,17,19,25,27,30,33-37,39-40,47,51-52,54H,11-12,16,18,20-24,26H2,1-5H3,(H,45,56)(H,46,55)/b8-6+,17-7+,19-9+,28-13+/t30-,33+,34?,35-,36-,37-,39-,40+/m0/s1. The average Bonchev–Trinajstić information content (AvgIpc) is 3.76. The molecule has 3 heterocycles. The number of benzene rings is 1. The third-order valence-corrected chi connectivity index (χ3v) is 12.0. The van der Waals surface area contributed by atoms with Crippen molar-refractivity contribution in [3.8, 4) is 5.75 Å². The molecule has 4 amide bonds. The molecular formula is C44H61N5O10S. The summed E-state index contributed by atoms with van der Waals surface area (Å²) >= 11 is 1.48. The molecule has 15 nitrogen and oxygen atoms in total. The number of ketones is 1. The number of esters is 1. The number of Topliss-reactive ketones (excluding diaryl/α,β-unsaturated/α-hetero) is 1. The van der Waals surface area contributed by atoms with E-state index in [0.29, 0.717) is 30.5 Å². The number of fused-ring (bicyclic) bond motifs is 2. The zero-order valence-electron chi connectivity index (χ0n) is 35.1. The summed E-state index contributed by atoms with van der Waals surface area (Å²) in [5.41, 5.74) is 4.19. The first-order valence-electron chi connectivity index (χ1n) is 20.7. The third kappa shape index (κ3) is 14.2. The number of nitrogens with one attached hydrogen (secondary N) is 3. The molecule has 0 radical (unpaired) electrons. The van der Waals surface area contributed by atoms with Crippen LogP contribution >= 0.6 is 11.9 Å². The molecule has 60 heavy (non-hydrogen) atoms. The molecule has 0 spiro atoms. The van der Waals surface area contributed by atoms with Gasteiger partial charge in [-0.05, 0) is 80.7 Å². The van der Waals surface area contributed by atoms with E-state index in [4.69, 9.17) is 4.74 Å². The topological polar surface area (TPSA) is 215 Å². The Labute approximate surface area is 356 Å². The van der Waals surface area contributed by atoms with E-state index in [2.05, 4.69) is 16.1 Å². The van der Waals surface area contributed by atoms with E-state index in [1.54, 1.807) is 74.5 Å². The van der Waals surface area contributed by atoms with E-state index < -0.39 is 77.9 Å². The molecule has 3 aliphatic rings. The third-order valence-electron chi connectivity index (χ3n) is 10.9. The van der Waals surface area contributed by atoms with Gasteiger partial charge in [-0.15, -0.1) is 0 Å². The minimum atomic E-state index is -1.42. The number of aliphatic hydroxyl groups is 2. The number of hydrogen-bond acceptors (Lipinski definition) is 12. The van der Waals surface area contributed by atoms with Gasteiger partial charge in [0, 0.05) is 50.1 Å². The van der Waals surface area contributed by atoms with Crippen LogP contribution in [0.2, 0.25) is 0 Å². The van der Waals surface area contributed by atoms with E-state index in [1.807, 2.05) is 0 Å². The summed E-state index contributed by atoms with van der Waals surface area (Å²) in [5.74, 6) is -4.58. The van der Waals surface area contributed by atoms with Gasteiger partial charge >= 0.3 is 5.97 Å². The summed E-state index contributed by atoms with van der Waals surface area (Å²) in [7, 11) is 0. The molecule has 0 saturated carbocycles. The minimum absolute atomic E-state index is 0.0252. The molecule has 1 aromatic carbocycles. The quantitative estimate of drug-likeness (QED) is 0.0915. The number of aromatic hydroxyl groups is 1. The molecule has 8 atom stereocenters. The highest BCUT2D eigenvalue weighted by Crippen LogP contribution is 2.25. The van der Waals surface area contributed by atoms with E-state index in [0.717, 1.165) is 12.2 Å². The van der Waals surface area contributed by atoms with Crippen LogP contribution in [0.15, 0.2) is 72.4 Å². The molecular weight excluding hydrogens is 791 g/mol. The molecule has 328 valence electrons. The molecule has 0 aliphatic carbocycles. The lowest BCUT2D eigenvalue weighted by Gasteiger charge is -2.36. The molecule has 16 heteroatoms. The maximum atomic E-state index is 14.3. The second-order valence-corrected chi connectivity index (χ2v) is 17.1. The Morgan fingerprint density at radius 2 is 1.80 bits per heavy atom. The van der Waals surface area contributed by atoms with Crippen molar-refractivity contribution in [1.29, 1.82) is 0 Å². The van der Waals surface area contributed by atoms with Crippen LogP contribution in [0.3, 0.4) is 0 Å². The molecule has 3 aliphatic heterocycles. The van der Waals surface area contributed by atoms with E-state index in [-0.39, 0.29) is 49.7 Å². The fourth-order valence-electron chi connectivity index (χ4n) is 7.14. The number of cyclic esters (lactones) is 1. The van der Waals surface area contributed by atoms with Crippen LogP contribution in [-0.4, -0.2) is 115 Å². The molecule has 1 aromatic rings. The SMILES string of the molecule is CC(=O)CC[C@H]1C(=O)N[C@@H](C(C)C)C(=O)N[C@@H](Cc2cccc(O)c2)C(=O)N2CCCC(N2)C(=O)O[C@H](/C(C)=C/C=C/C(=O)N2CCCS2)C/C=C/C=C/[C@H](O)[C@H](C)[C@H]1O. The minimum Gasteiger partial charge on any atom is -0.508 e. The maximum Gasteiger partial charge on any atom is 0.325 e. The number of allylic oxidation sites excluding steroid dienone is 4. The summed E-state index contributed by atoms with van der Waals surface area (Å²) < 4.78 is 7.74. The lowest BCUT2D eigenvalue weighted by atomic mass is 9.84. The molecule has 2 fully saturated rings. The summed E-state index contributed by atoms with van der Waals surface area (Å²) in [5, 5.41) is 39.6. The predicted octanol–water partition coefficient (Wildman–Crippen LogP) is 3.21. The van der Waals surface area contributed by atoms with Crippen molar-refractivity contribution in [2.45, 2.75) is 116 Å². The first kappa shape index (κ1) is 47.9. The zero-order valence-corrected chi connectivity index (χ0v) is 35.9. The Bertz CT molecular complexity index is 1810. The van der Waals surface area contributed by atoms with Crippen LogP contribution in [0.1, 0.15) is 78.7 Å². The van der Waals surface area contributed by atoms with Crippen LogP contribution in [0.25, 0.3) is 0 Å². The summed E-state index contributed by atoms with van der Waals surface area (Å²) in [4.78, 5) is 80.8. The summed E-state index contributed by atoms with van der Waals surface area (Å²) in [6, 6.07) is 2.94. The van der Waals surface area contributed by atoms with Crippen molar-refractivity contribution < 1.29 is 48.8 Å². The Morgan fingerprint density at radius 1 is 1.03 bits per heavy atom. The van der Waals surface area contributed by atoms with Crippen molar-refractivity contribution in [1.82, 2.24) is 25.4 Å². The van der Waals surface area contributed by atoms with Crippen molar-refractivity contribution in [2.24, 2.45) is 17.8 Å². The molecule has 2 bridgehead atoms. The Kier molecular flexibility index (Phi) is 18.6. The first-order chi connectivity index (χ1) is 28.5. The fourth-order valence-corrected chi connectivity index (χ4v) is 8.07. The highest BCUT2D eigenvalue weighted by Gasteiger charge is 2.38. The number of aliphatic hydroxyl groups excluding tert-OH is 2. The van der Waals surface area contributed by atoms with Gasteiger partial charge in [0.05, 0.1) is 18.1 Å². The van der Waals surface area contributed by atoms with E-state index in [9.17, 15) is 44.1 Å². The van der Waals surface area contributed by atoms with Crippen molar-refractivity contribution in [3.05, 3.63) is 77.9 Å². The summed E-state index contributed by atoms with van der Waals surface area (Å²) in [6.45, 7) is 9.03. The predicted molar refractivity (Wildman–Crippen MR) is 227 cm³/mol. The second-order valence-electron chi connectivity index (χ2n) is 16.0. The smallest absolute Gasteiger partial charge is 0.325 e. The van der Waals surface area contributed by atoms with Gasteiger partial charge < -0.3 is 35.5 Å². The van der Waals surface area contributed by atoms with Crippen LogP contribution in [0.5, 0.6) is 5.75 Å². The largest absolute Gasteiger partial charge is 0.508 e. The zero-order chi connectivity index (χ0) is 43.9. The van der Waals surface area contributed by atoms with Gasteiger partial charge in [-0.25, -0.2) is 5.43 Å². The number of carbonyl (C=O) groups excluding carboxylic acids is 6. The number of rotatable bonds is 9. The Balaban J connectivity index is 1.70. The van der Waals surface area contributed by atoms with E-state index in [1.165, 1.54) is 48.2 Å². The number of ether oxygens (including phenoxy) is 1. The highest BCUT2D eigenvalue weighted by atomic mass is 32.2. The van der Waals surface area contributed by atoms with Crippen molar-refractivity contribution >= 4 is 47.3 Å². The van der Waals surface area contributed by atoms with Crippen LogP contribution < -0.4 is 16.1 Å². The highest BCUT2D eigenvalue weighted by molar-refractivity contribution is 7.97. The second kappa shape index (κ2) is 23.3. The fraction of sp³-hybridized carbons (Fsp3) is 0.545. The number of nitrogens with zero attached hydrogens (tertiary/aromatic N) is 2. The van der Waals surface area contributed by atoms with Crippen LogP contribution in [0.4, 0.5) is 0 Å². The molecule has 1 unspecified atom stereocenters. The van der Waals surface area contributed by atoms with Crippen molar-refractivity contribution in [3.63, 3.8) is 0 Å². The number of phenols is 1. The van der Waals surface area contributed by atoms with Gasteiger partial charge in [-0.1, -0.05) is 69.4 Å². The van der Waals surface area contributed by atoms with Crippen LogP contribution in [0, 0.1) is 17.8 Å². The van der Waals surface area contributed by atoms with Gasteiger partial charge in [0.1, 0.15) is 35.8 Å². The molecule has 0 aromatic heterocycles. The normalized spacial score (nSPS) is 29.3. The maximum absolute atomic E-state index is 14.3.